The lowest BCUT2D eigenvalue weighted by atomic mass is 10.1. The molecule has 0 spiro atoms. The van der Waals surface area contributed by atoms with Gasteiger partial charge in [-0.3, -0.25) is 4.98 Å². The Balaban J connectivity index is 2.03. The minimum Gasteiger partial charge on any atom is -0.493 e. The van der Waals surface area contributed by atoms with Crippen molar-refractivity contribution in [2.24, 2.45) is 0 Å². The smallest absolute Gasteiger partial charge is 0.328 e. The summed E-state index contributed by atoms with van der Waals surface area (Å²) < 4.78 is 18.8. The second-order valence-electron chi connectivity index (χ2n) is 4.31. The SMILES string of the molecule is O=C(O)/C=C/c1cc(F)ccc1OCCc1cccnc1. The van der Waals surface area contributed by atoms with Crippen molar-refractivity contribution in [2.75, 3.05) is 6.61 Å². The van der Waals surface area contributed by atoms with Crippen LogP contribution in [0.15, 0.2) is 48.8 Å². The lowest BCUT2D eigenvalue weighted by Gasteiger charge is -2.09. The quantitative estimate of drug-likeness (QED) is 0.830. The van der Waals surface area contributed by atoms with E-state index in [1.54, 1.807) is 12.4 Å². The number of carboxylic acid groups (broad SMARTS) is 1. The van der Waals surface area contributed by atoms with Gasteiger partial charge in [-0.2, -0.15) is 0 Å². The van der Waals surface area contributed by atoms with E-state index in [4.69, 9.17) is 9.84 Å². The highest BCUT2D eigenvalue weighted by Crippen LogP contribution is 2.21. The van der Waals surface area contributed by atoms with Crippen LogP contribution in [0.2, 0.25) is 0 Å². The number of carbonyl (C=O) groups is 1. The van der Waals surface area contributed by atoms with E-state index in [1.165, 1.54) is 24.3 Å². The van der Waals surface area contributed by atoms with Gasteiger partial charge in [0.25, 0.3) is 0 Å². The van der Waals surface area contributed by atoms with Crippen molar-refractivity contribution in [3.8, 4) is 5.75 Å². The van der Waals surface area contributed by atoms with Crippen molar-refractivity contribution in [1.82, 2.24) is 4.98 Å². The van der Waals surface area contributed by atoms with Crippen LogP contribution >= 0.6 is 0 Å². The van der Waals surface area contributed by atoms with E-state index in [0.29, 0.717) is 24.3 Å². The predicted octanol–water partition coefficient (Wildman–Crippen LogP) is 2.94. The second kappa shape index (κ2) is 7.19. The summed E-state index contributed by atoms with van der Waals surface area (Å²) in [5.41, 5.74) is 1.42. The molecule has 4 nitrogen and oxygen atoms in total. The van der Waals surface area contributed by atoms with Crippen LogP contribution in [0.4, 0.5) is 4.39 Å². The topological polar surface area (TPSA) is 59.4 Å². The molecule has 0 saturated carbocycles. The van der Waals surface area contributed by atoms with Crippen LogP contribution in [0.3, 0.4) is 0 Å². The van der Waals surface area contributed by atoms with Gasteiger partial charge in [-0.05, 0) is 35.9 Å². The Kier molecular flexibility index (Phi) is 5.04. The summed E-state index contributed by atoms with van der Waals surface area (Å²) in [6, 6.07) is 7.77. The van der Waals surface area contributed by atoms with E-state index in [-0.39, 0.29) is 0 Å². The van der Waals surface area contributed by atoms with Gasteiger partial charge in [-0.1, -0.05) is 6.07 Å². The molecule has 2 aromatic rings. The highest BCUT2D eigenvalue weighted by atomic mass is 19.1. The molecular weight excluding hydrogens is 273 g/mol. The van der Waals surface area contributed by atoms with E-state index in [2.05, 4.69) is 4.98 Å². The van der Waals surface area contributed by atoms with Crippen LogP contribution in [-0.4, -0.2) is 22.7 Å². The molecule has 1 heterocycles. The van der Waals surface area contributed by atoms with Crippen molar-refractivity contribution in [2.45, 2.75) is 6.42 Å². The fourth-order valence-electron chi connectivity index (χ4n) is 1.77. The Hall–Kier alpha value is -2.69. The number of rotatable bonds is 6. The molecule has 0 aliphatic heterocycles. The molecule has 2 rings (SSSR count). The maximum absolute atomic E-state index is 13.2. The summed E-state index contributed by atoms with van der Waals surface area (Å²) in [6.45, 7) is 0.394. The lowest BCUT2D eigenvalue weighted by Crippen LogP contribution is -2.03. The summed E-state index contributed by atoms with van der Waals surface area (Å²) in [5, 5.41) is 8.63. The zero-order chi connectivity index (χ0) is 15.1. The Morgan fingerprint density at radius 1 is 1.38 bits per heavy atom. The molecule has 1 aromatic heterocycles. The number of ether oxygens (including phenoxy) is 1. The number of nitrogens with zero attached hydrogens (tertiary/aromatic N) is 1. The summed E-state index contributed by atoms with van der Waals surface area (Å²) in [5.74, 6) is -1.10. The molecule has 0 saturated heterocycles. The zero-order valence-electron chi connectivity index (χ0n) is 11.2. The maximum Gasteiger partial charge on any atom is 0.328 e. The van der Waals surface area contributed by atoms with E-state index in [1.807, 2.05) is 12.1 Å². The fraction of sp³-hybridized carbons (Fsp3) is 0.125. The third-order valence-corrected chi connectivity index (χ3v) is 2.75. The third kappa shape index (κ3) is 4.72. The molecule has 0 unspecified atom stereocenters. The van der Waals surface area contributed by atoms with Crippen LogP contribution in [0, 0.1) is 5.82 Å². The lowest BCUT2D eigenvalue weighted by molar-refractivity contribution is -0.131. The molecule has 0 fully saturated rings. The average molecular weight is 287 g/mol. The zero-order valence-corrected chi connectivity index (χ0v) is 11.2. The van der Waals surface area contributed by atoms with E-state index >= 15 is 0 Å². The molecule has 1 aromatic carbocycles. The molecule has 5 heteroatoms. The van der Waals surface area contributed by atoms with Gasteiger partial charge >= 0.3 is 5.97 Å². The fourth-order valence-corrected chi connectivity index (χ4v) is 1.77. The Morgan fingerprint density at radius 2 is 2.24 bits per heavy atom. The number of carboxylic acids is 1. The van der Waals surface area contributed by atoms with Crippen LogP contribution in [-0.2, 0) is 11.2 Å². The Bertz CT molecular complexity index is 641. The normalized spacial score (nSPS) is 10.7. The average Bonchev–Trinajstić information content (AvgIpc) is 2.48. The number of pyridine rings is 1. The molecule has 0 amide bonds. The van der Waals surface area contributed by atoms with Gasteiger partial charge in [0.15, 0.2) is 0 Å². The molecular formula is C16H14FNO3. The molecule has 0 aliphatic carbocycles. The first-order chi connectivity index (χ1) is 10.1. The van der Waals surface area contributed by atoms with Gasteiger partial charge in [0.2, 0.25) is 0 Å². The number of aliphatic carboxylic acids is 1. The third-order valence-electron chi connectivity index (χ3n) is 2.75. The van der Waals surface area contributed by atoms with Crippen molar-refractivity contribution in [1.29, 1.82) is 0 Å². The first-order valence-corrected chi connectivity index (χ1v) is 6.37. The summed E-state index contributed by atoms with van der Waals surface area (Å²) in [6.07, 6.45) is 6.36. The van der Waals surface area contributed by atoms with Gasteiger partial charge in [0.1, 0.15) is 11.6 Å². The molecule has 1 N–H and O–H groups in total. The summed E-state index contributed by atoms with van der Waals surface area (Å²) >= 11 is 0. The molecule has 0 radical (unpaired) electrons. The molecule has 0 aliphatic rings. The van der Waals surface area contributed by atoms with Crippen molar-refractivity contribution in [3.63, 3.8) is 0 Å². The molecule has 0 atom stereocenters. The molecule has 108 valence electrons. The van der Waals surface area contributed by atoms with Crippen molar-refractivity contribution in [3.05, 3.63) is 65.7 Å². The van der Waals surface area contributed by atoms with E-state index < -0.39 is 11.8 Å². The maximum atomic E-state index is 13.2. The first-order valence-electron chi connectivity index (χ1n) is 6.37. The standard InChI is InChI=1S/C16H14FNO3/c17-14-4-5-15(13(10-14)3-6-16(19)20)21-9-7-12-2-1-8-18-11-12/h1-6,8,10-11H,7,9H2,(H,19,20)/b6-3+. The minimum absolute atomic E-state index is 0.392. The Labute approximate surface area is 121 Å². The number of hydrogen-bond donors (Lipinski definition) is 1. The number of halogens is 1. The number of hydrogen-bond acceptors (Lipinski definition) is 3. The highest BCUT2D eigenvalue weighted by Gasteiger charge is 2.04. The van der Waals surface area contributed by atoms with Crippen LogP contribution in [0.25, 0.3) is 6.08 Å². The van der Waals surface area contributed by atoms with Crippen LogP contribution < -0.4 is 4.74 Å². The van der Waals surface area contributed by atoms with E-state index in [0.717, 1.165) is 11.6 Å². The van der Waals surface area contributed by atoms with Gasteiger partial charge in [-0.25, -0.2) is 9.18 Å². The van der Waals surface area contributed by atoms with Crippen molar-refractivity contribution < 1.29 is 19.0 Å². The van der Waals surface area contributed by atoms with Gasteiger partial charge in [0.05, 0.1) is 6.61 Å². The number of aromatic nitrogens is 1. The van der Waals surface area contributed by atoms with Crippen LogP contribution in [0.1, 0.15) is 11.1 Å². The van der Waals surface area contributed by atoms with Crippen molar-refractivity contribution >= 4 is 12.0 Å². The largest absolute Gasteiger partial charge is 0.493 e. The first kappa shape index (κ1) is 14.7. The number of benzene rings is 1. The monoisotopic (exact) mass is 287 g/mol. The minimum atomic E-state index is -1.10. The van der Waals surface area contributed by atoms with Gasteiger partial charge in [-0.15, -0.1) is 0 Å². The summed E-state index contributed by atoms with van der Waals surface area (Å²) in [4.78, 5) is 14.5. The highest BCUT2D eigenvalue weighted by molar-refractivity contribution is 5.85. The Morgan fingerprint density at radius 3 is 2.95 bits per heavy atom. The predicted molar refractivity (Wildman–Crippen MR) is 76.5 cm³/mol. The van der Waals surface area contributed by atoms with E-state index in [9.17, 15) is 9.18 Å². The van der Waals surface area contributed by atoms with Gasteiger partial charge < -0.3 is 9.84 Å². The second-order valence-corrected chi connectivity index (χ2v) is 4.31. The molecule has 21 heavy (non-hydrogen) atoms. The molecule has 0 bridgehead atoms. The van der Waals surface area contributed by atoms with Crippen LogP contribution in [0.5, 0.6) is 5.75 Å². The van der Waals surface area contributed by atoms with Gasteiger partial charge in [0, 0.05) is 30.5 Å². The summed E-state index contributed by atoms with van der Waals surface area (Å²) in [7, 11) is 0.